The standard InChI is InChI=1S/C16H11BrCl2N4O/c17-11-7-13(15(19)20-8-11)16(24)22-14-5-6-21-23(14)9-10-1-3-12(18)4-2-10/h1-8H,9H2,(H,22,24). The number of pyridine rings is 1. The summed E-state index contributed by atoms with van der Waals surface area (Å²) in [7, 11) is 0. The Hall–Kier alpha value is -1.89. The molecule has 0 unspecified atom stereocenters. The number of carbonyl (C=O) groups is 1. The smallest absolute Gasteiger partial charge is 0.259 e. The number of amides is 1. The second-order valence-corrected chi connectivity index (χ2v) is 6.66. The maximum Gasteiger partial charge on any atom is 0.259 e. The number of benzene rings is 1. The zero-order valence-electron chi connectivity index (χ0n) is 12.2. The third-order valence-corrected chi connectivity index (χ3v) is 4.24. The minimum atomic E-state index is -0.355. The van der Waals surface area contributed by atoms with Crippen molar-refractivity contribution in [2.24, 2.45) is 0 Å². The third-order valence-electron chi connectivity index (χ3n) is 3.25. The maximum atomic E-state index is 12.4. The Morgan fingerprint density at radius 1 is 1.21 bits per heavy atom. The van der Waals surface area contributed by atoms with Gasteiger partial charge in [0, 0.05) is 21.8 Å². The van der Waals surface area contributed by atoms with Crippen molar-refractivity contribution in [2.45, 2.75) is 6.54 Å². The van der Waals surface area contributed by atoms with Gasteiger partial charge in [0.1, 0.15) is 11.0 Å². The monoisotopic (exact) mass is 424 g/mol. The highest BCUT2D eigenvalue weighted by atomic mass is 79.9. The average molecular weight is 426 g/mol. The molecule has 0 saturated carbocycles. The number of anilines is 1. The summed E-state index contributed by atoms with van der Waals surface area (Å²) in [6.07, 6.45) is 3.15. The van der Waals surface area contributed by atoms with Crippen LogP contribution in [0.1, 0.15) is 15.9 Å². The number of halogens is 3. The molecule has 2 heterocycles. The number of rotatable bonds is 4. The second kappa shape index (κ2) is 7.34. The lowest BCUT2D eigenvalue weighted by Crippen LogP contribution is -2.17. The summed E-state index contributed by atoms with van der Waals surface area (Å²) in [6, 6.07) is 10.8. The first-order valence-corrected chi connectivity index (χ1v) is 8.46. The molecule has 1 amide bonds. The number of nitrogens with one attached hydrogen (secondary N) is 1. The summed E-state index contributed by atoms with van der Waals surface area (Å²) in [5.74, 6) is 0.206. The first-order chi connectivity index (χ1) is 11.5. The number of hydrogen-bond donors (Lipinski definition) is 1. The molecule has 1 aromatic carbocycles. The van der Waals surface area contributed by atoms with Crippen molar-refractivity contribution in [3.05, 3.63) is 74.6 Å². The van der Waals surface area contributed by atoms with Gasteiger partial charge in [-0.3, -0.25) is 4.79 Å². The van der Waals surface area contributed by atoms with Gasteiger partial charge >= 0.3 is 0 Å². The molecule has 0 aliphatic heterocycles. The molecule has 0 aliphatic carbocycles. The van der Waals surface area contributed by atoms with E-state index in [0.29, 0.717) is 21.9 Å². The van der Waals surface area contributed by atoms with E-state index in [1.54, 1.807) is 23.0 Å². The van der Waals surface area contributed by atoms with Gasteiger partial charge < -0.3 is 5.32 Å². The van der Waals surface area contributed by atoms with Crippen LogP contribution in [0.15, 0.2) is 53.3 Å². The summed E-state index contributed by atoms with van der Waals surface area (Å²) >= 11 is 15.2. The Bertz CT molecular complexity index is 880. The largest absolute Gasteiger partial charge is 0.307 e. The minimum Gasteiger partial charge on any atom is -0.307 e. The molecule has 0 fully saturated rings. The first-order valence-electron chi connectivity index (χ1n) is 6.91. The van der Waals surface area contributed by atoms with Gasteiger partial charge in [-0.1, -0.05) is 35.3 Å². The Morgan fingerprint density at radius 3 is 2.71 bits per heavy atom. The van der Waals surface area contributed by atoms with Gasteiger partial charge in [-0.15, -0.1) is 0 Å². The maximum absolute atomic E-state index is 12.4. The van der Waals surface area contributed by atoms with E-state index < -0.39 is 0 Å². The molecule has 0 radical (unpaired) electrons. The van der Waals surface area contributed by atoms with Gasteiger partial charge in [-0.05, 0) is 39.7 Å². The fraction of sp³-hybridized carbons (Fsp3) is 0.0625. The fourth-order valence-electron chi connectivity index (χ4n) is 2.09. The number of carbonyl (C=O) groups excluding carboxylic acids is 1. The van der Waals surface area contributed by atoms with Gasteiger partial charge in [0.25, 0.3) is 5.91 Å². The molecule has 3 rings (SSSR count). The van der Waals surface area contributed by atoms with E-state index in [1.165, 1.54) is 6.20 Å². The Kier molecular flexibility index (Phi) is 5.18. The number of hydrogen-bond acceptors (Lipinski definition) is 3. The zero-order chi connectivity index (χ0) is 17.1. The van der Waals surface area contributed by atoms with Crippen molar-refractivity contribution in [1.82, 2.24) is 14.8 Å². The molecule has 8 heteroatoms. The van der Waals surface area contributed by atoms with Crippen LogP contribution in [0.4, 0.5) is 5.82 Å². The summed E-state index contributed by atoms with van der Waals surface area (Å²) in [4.78, 5) is 16.4. The van der Waals surface area contributed by atoms with Crippen molar-refractivity contribution in [1.29, 1.82) is 0 Å². The molecule has 0 aliphatic rings. The van der Waals surface area contributed by atoms with Crippen LogP contribution in [0.3, 0.4) is 0 Å². The van der Waals surface area contributed by atoms with Crippen LogP contribution < -0.4 is 5.32 Å². The summed E-state index contributed by atoms with van der Waals surface area (Å²) in [5, 5.41) is 7.84. The zero-order valence-corrected chi connectivity index (χ0v) is 15.3. The van der Waals surface area contributed by atoms with E-state index in [2.05, 4.69) is 31.3 Å². The van der Waals surface area contributed by atoms with Crippen LogP contribution in [0.2, 0.25) is 10.2 Å². The lowest BCUT2D eigenvalue weighted by Gasteiger charge is -2.10. The summed E-state index contributed by atoms with van der Waals surface area (Å²) in [5.41, 5.74) is 1.30. The van der Waals surface area contributed by atoms with Gasteiger partial charge in [-0.2, -0.15) is 5.10 Å². The van der Waals surface area contributed by atoms with Crippen LogP contribution in [0.25, 0.3) is 0 Å². The van der Waals surface area contributed by atoms with Gasteiger partial charge in [0.05, 0.1) is 18.3 Å². The Balaban J connectivity index is 1.79. The van der Waals surface area contributed by atoms with E-state index in [0.717, 1.165) is 5.56 Å². The lowest BCUT2D eigenvalue weighted by atomic mass is 10.2. The third kappa shape index (κ3) is 3.95. The van der Waals surface area contributed by atoms with Crippen LogP contribution in [0, 0.1) is 0 Å². The fourth-order valence-corrected chi connectivity index (χ4v) is 2.74. The SMILES string of the molecule is O=C(Nc1ccnn1Cc1ccc(Cl)cc1)c1cc(Br)cnc1Cl. The van der Waals surface area contributed by atoms with Crippen molar-refractivity contribution in [3.8, 4) is 0 Å². The van der Waals surface area contributed by atoms with Crippen LogP contribution in [-0.2, 0) is 6.54 Å². The normalized spacial score (nSPS) is 10.6. The molecule has 3 aromatic rings. The quantitative estimate of drug-likeness (QED) is 0.619. The summed E-state index contributed by atoms with van der Waals surface area (Å²) < 4.78 is 2.35. The average Bonchev–Trinajstić information content (AvgIpc) is 2.98. The minimum absolute atomic E-state index is 0.138. The predicted octanol–water partition coefficient (Wildman–Crippen LogP) is 4.65. The molecule has 1 N–H and O–H groups in total. The highest BCUT2D eigenvalue weighted by Gasteiger charge is 2.14. The van der Waals surface area contributed by atoms with Crippen molar-refractivity contribution >= 4 is 50.9 Å². The van der Waals surface area contributed by atoms with Crippen molar-refractivity contribution < 1.29 is 4.79 Å². The van der Waals surface area contributed by atoms with Gasteiger partial charge in [0.15, 0.2) is 0 Å². The molecule has 0 spiro atoms. The van der Waals surface area contributed by atoms with E-state index in [-0.39, 0.29) is 16.6 Å². The molecule has 2 aromatic heterocycles. The van der Waals surface area contributed by atoms with E-state index in [9.17, 15) is 4.79 Å². The van der Waals surface area contributed by atoms with Gasteiger partial charge in [0.2, 0.25) is 0 Å². The topological polar surface area (TPSA) is 59.8 Å². The van der Waals surface area contributed by atoms with E-state index in [4.69, 9.17) is 23.2 Å². The molecule has 0 atom stereocenters. The second-order valence-electron chi connectivity index (χ2n) is 4.95. The molecule has 122 valence electrons. The van der Waals surface area contributed by atoms with Crippen LogP contribution >= 0.6 is 39.1 Å². The Morgan fingerprint density at radius 2 is 1.96 bits per heavy atom. The highest BCUT2D eigenvalue weighted by Crippen LogP contribution is 2.20. The number of aromatic nitrogens is 3. The summed E-state index contributed by atoms with van der Waals surface area (Å²) in [6.45, 7) is 0.504. The molecule has 24 heavy (non-hydrogen) atoms. The Labute approximate surface area is 156 Å². The van der Waals surface area contributed by atoms with Gasteiger partial charge in [-0.25, -0.2) is 9.67 Å². The number of nitrogens with zero attached hydrogens (tertiary/aromatic N) is 3. The highest BCUT2D eigenvalue weighted by molar-refractivity contribution is 9.10. The lowest BCUT2D eigenvalue weighted by molar-refractivity contribution is 0.102. The van der Waals surface area contributed by atoms with Crippen molar-refractivity contribution in [3.63, 3.8) is 0 Å². The van der Waals surface area contributed by atoms with E-state index >= 15 is 0 Å². The molecule has 5 nitrogen and oxygen atoms in total. The first kappa shape index (κ1) is 17.0. The molecule has 0 saturated heterocycles. The molecule has 0 bridgehead atoms. The van der Waals surface area contributed by atoms with E-state index in [1.807, 2.05) is 24.3 Å². The van der Waals surface area contributed by atoms with Crippen LogP contribution in [-0.4, -0.2) is 20.7 Å². The predicted molar refractivity (Wildman–Crippen MR) is 97.7 cm³/mol. The molecular formula is C16H11BrCl2N4O. The molecular weight excluding hydrogens is 415 g/mol. The van der Waals surface area contributed by atoms with Crippen LogP contribution in [0.5, 0.6) is 0 Å². The van der Waals surface area contributed by atoms with Crippen molar-refractivity contribution in [2.75, 3.05) is 5.32 Å².